The molecule has 0 aromatic rings. The van der Waals surface area contributed by atoms with Crippen LogP contribution in [0.1, 0.15) is 19.8 Å². The topological polar surface area (TPSA) is 29.5 Å². The van der Waals surface area contributed by atoms with Crippen LogP contribution < -0.4 is 0 Å². The molecular formula is C8H14ClNO2. The Morgan fingerprint density at radius 2 is 2.50 bits per heavy atom. The molecule has 4 heteroatoms. The van der Waals surface area contributed by atoms with E-state index in [2.05, 4.69) is 6.92 Å². The summed E-state index contributed by atoms with van der Waals surface area (Å²) in [5.41, 5.74) is 0. The van der Waals surface area contributed by atoms with Crippen LogP contribution in [0.15, 0.2) is 0 Å². The van der Waals surface area contributed by atoms with Crippen LogP contribution in [0.2, 0.25) is 0 Å². The number of cyclic esters (lactones) is 1. The molecule has 0 aromatic carbocycles. The number of nitrogens with zero attached hydrogens (tertiary/aromatic N) is 1. The third kappa shape index (κ3) is 2.27. The smallest absolute Gasteiger partial charge is 0.410 e. The van der Waals surface area contributed by atoms with Gasteiger partial charge in [-0.25, -0.2) is 4.79 Å². The predicted octanol–water partition coefficient (Wildman–Crippen LogP) is 1.85. The molecule has 1 aliphatic heterocycles. The molecule has 1 atom stereocenters. The predicted molar refractivity (Wildman–Crippen MR) is 47.5 cm³/mol. The maximum absolute atomic E-state index is 11.1. The van der Waals surface area contributed by atoms with Gasteiger partial charge in [-0.05, 0) is 6.42 Å². The van der Waals surface area contributed by atoms with Gasteiger partial charge in [0.05, 0.1) is 12.4 Å². The van der Waals surface area contributed by atoms with Crippen molar-refractivity contribution in [1.82, 2.24) is 4.90 Å². The molecule has 1 rings (SSSR count). The number of amides is 1. The van der Waals surface area contributed by atoms with E-state index in [-0.39, 0.29) is 12.2 Å². The number of alkyl halides is 1. The number of rotatable bonds is 4. The van der Waals surface area contributed by atoms with Crippen LogP contribution in [0.3, 0.4) is 0 Å². The molecule has 1 fully saturated rings. The van der Waals surface area contributed by atoms with E-state index in [1.807, 2.05) is 0 Å². The van der Waals surface area contributed by atoms with Crippen molar-refractivity contribution in [2.45, 2.75) is 25.9 Å². The van der Waals surface area contributed by atoms with Crippen LogP contribution in [-0.2, 0) is 4.74 Å². The van der Waals surface area contributed by atoms with E-state index < -0.39 is 0 Å². The van der Waals surface area contributed by atoms with Gasteiger partial charge in [0, 0.05) is 6.54 Å². The molecule has 1 unspecified atom stereocenters. The Labute approximate surface area is 77.6 Å². The summed E-state index contributed by atoms with van der Waals surface area (Å²) in [6.45, 7) is 3.55. The lowest BCUT2D eigenvalue weighted by molar-refractivity contribution is 0.139. The van der Waals surface area contributed by atoms with E-state index in [0.717, 1.165) is 19.4 Å². The molecule has 0 aliphatic carbocycles. The van der Waals surface area contributed by atoms with Gasteiger partial charge in [-0.2, -0.15) is 0 Å². The molecule has 0 saturated carbocycles. The van der Waals surface area contributed by atoms with Crippen LogP contribution in [-0.4, -0.2) is 36.1 Å². The number of carbonyl (C=O) groups is 1. The molecule has 0 aromatic heterocycles. The van der Waals surface area contributed by atoms with Crippen molar-refractivity contribution in [2.75, 3.05) is 19.0 Å². The van der Waals surface area contributed by atoms with Crippen molar-refractivity contribution < 1.29 is 9.53 Å². The second kappa shape index (κ2) is 4.55. The van der Waals surface area contributed by atoms with E-state index in [0.29, 0.717) is 12.4 Å². The van der Waals surface area contributed by atoms with Gasteiger partial charge in [0.25, 0.3) is 0 Å². The first-order valence-corrected chi connectivity index (χ1v) is 4.83. The second-order valence-electron chi connectivity index (χ2n) is 2.96. The number of carbonyl (C=O) groups excluding carboxylic acids is 1. The van der Waals surface area contributed by atoms with Crippen molar-refractivity contribution in [3.05, 3.63) is 0 Å². The summed E-state index contributed by atoms with van der Waals surface area (Å²) in [6.07, 6.45) is 1.81. The van der Waals surface area contributed by atoms with Gasteiger partial charge in [-0.15, -0.1) is 11.6 Å². The average molecular weight is 192 g/mol. The first kappa shape index (κ1) is 9.65. The number of halogens is 1. The van der Waals surface area contributed by atoms with Crippen molar-refractivity contribution in [3.63, 3.8) is 0 Å². The fourth-order valence-electron chi connectivity index (χ4n) is 1.19. The molecule has 0 bridgehead atoms. The summed E-state index contributed by atoms with van der Waals surface area (Å²) < 4.78 is 4.98. The molecule has 70 valence electrons. The Morgan fingerprint density at radius 1 is 1.75 bits per heavy atom. The van der Waals surface area contributed by atoms with Crippen LogP contribution >= 0.6 is 11.6 Å². The summed E-state index contributed by atoms with van der Waals surface area (Å²) in [5.74, 6) is 0.397. The van der Waals surface area contributed by atoms with Crippen molar-refractivity contribution in [2.24, 2.45) is 0 Å². The van der Waals surface area contributed by atoms with Crippen LogP contribution in [0.25, 0.3) is 0 Å². The van der Waals surface area contributed by atoms with Gasteiger partial charge in [-0.3, -0.25) is 0 Å². The highest BCUT2D eigenvalue weighted by Crippen LogP contribution is 2.12. The van der Waals surface area contributed by atoms with Crippen molar-refractivity contribution >= 4 is 17.7 Å². The largest absolute Gasteiger partial charge is 0.443 e. The highest BCUT2D eigenvalue weighted by Gasteiger charge is 2.29. The minimum absolute atomic E-state index is 0.101. The summed E-state index contributed by atoms with van der Waals surface area (Å²) >= 11 is 5.57. The summed E-state index contributed by atoms with van der Waals surface area (Å²) in [5, 5.41) is 0. The zero-order chi connectivity index (χ0) is 8.97. The van der Waals surface area contributed by atoms with Gasteiger partial charge >= 0.3 is 6.09 Å². The number of hydrogen-bond acceptors (Lipinski definition) is 2. The monoisotopic (exact) mass is 191 g/mol. The lowest BCUT2D eigenvalue weighted by atomic mass is 10.3. The molecule has 1 saturated heterocycles. The Morgan fingerprint density at radius 3 is 3.00 bits per heavy atom. The van der Waals surface area contributed by atoms with Crippen LogP contribution in [0.4, 0.5) is 4.79 Å². The van der Waals surface area contributed by atoms with Crippen LogP contribution in [0.5, 0.6) is 0 Å². The van der Waals surface area contributed by atoms with Gasteiger partial charge < -0.3 is 9.64 Å². The zero-order valence-electron chi connectivity index (χ0n) is 7.25. The fourth-order valence-corrected chi connectivity index (χ4v) is 1.35. The van der Waals surface area contributed by atoms with E-state index in [1.54, 1.807) is 4.90 Å². The van der Waals surface area contributed by atoms with E-state index in [9.17, 15) is 4.79 Å². The molecule has 0 N–H and O–H groups in total. The Balaban J connectivity index is 2.31. The second-order valence-corrected chi connectivity index (χ2v) is 3.27. The Hall–Kier alpha value is -0.440. The molecule has 12 heavy (non-hydrogen) atoms. The number of hydrogen-bond donors (Lipinski definition) is 0. The lowest BCUT2D eigenvalue weighted by Crippen LogP contribution is -2.26. The SMILES string of the molecule is CCCCN1CC(CCl)OC1=O. The van der Waals surface area contributed by atoms with Gasteiger partial charge in [0.15, 0.2) is 0 Å². The van der Waals surface area contributed by atoms with Crippen molar-refractivity contribution in [1.29, 1.82) is 0 Å². The number of ether oxygens (including phenoxy) is 1. The minimum Gasteiger partial charge on any atom is -0.443 e. The van der Waals surface area contributed by atoms with Gasteiger partial charge in [-0.1, -0.05) is 13.3 Å². The van der Waals surface area contributed by atoms with E-state index in [4.69, 9.17) is 16.3 Å². The standard InChI is InChI=1S/C8H14ClNO2/c1-2-3-4-10-6-7(5-9)12-8(10)11/h7H,2-6H2,1H3. The highest BCUT2D eigenvalue weighted by molar-refractivity contribution is 6.18. The highest BCUT2D eigenvalue weighted by atomic mass is 35.5. The van der Waals surface area contributed by atoms with E-state index >= 15 is 0 Å². The minimum atomic E-state index is -0.214. The Kier molecular flexibility index (Phi) is 3.66. The summed E-state index contributed by atoms with van der Waals surface area (Å²) in [7, 11) is 0. The fraction of sp³-hybridized carbons (Fsp3) is 0.875. The molecule has 1 amide bonds. The molecule has 0 spiro atoms. The Bertz CT molecular complexity index is 163. The molecule has 0 radical (unpaired) electrons. The first-order chi connectivity index (χ1) is 5.77. The normalized spacial score (nSPS) is 23.0. The average Bonchev–Trinajstić information content (AvgIpc) is 2.43. The third-order valence-electron chi connectivity index (χ3n) is 1.90. The number of unbranched alkanes of at least 4 members (excludes halogenated alkanes) is 1. The lowest BCUT2D eigenvalue weighted by Gasteiger charge is -2.10. The maximum Gasteiger partial charge on any atom is 0.410 e. The van der Waals surface area contributed by atoms with Gasteiger partial charge in [0.2, 0.25) is 0 Å². The molecule has 1 heterocycles. The van der Waals surface area contributed by atoms with Crippen molar-refractivity contribution in [3.8, 4) is 0 Å². The third-order valence-corrected chi connectivity index (χ3v) is 2.25. The molecule has 3 nitrogen and oxygen atoms in total. The zero-order valence-corrected chi connectivity index (χ0v) is 8.01. The molecule has 1 aliphatic rings. The maximum atomic E-state index is 11.1. The summed E-state index contributed by atoms with van der Waals surface area (Å²) in [4.78, 5) is 12.8. The molecular weight excluding hydrogens is 178 g/mol. The quantitative estimate of drug-likeness (QED) is 0.635. The van der Waals surface area contributed by atoms with Crippen LogP contribution in [0, 0.1) is 0 Å². The first-order valence-electron chi connectivity index (χ1n) is 4.29. The van der Waals surface area contributed by atoms with Gasteiger partial charge in [0.1, 0.15) is 6.10 Å². The summed E-state index contributed by atoms with van der Waals surface area (Å²) in [6, 6.07) is 0. The van der Waals surface area contributed by atoms with E-state index in [1.165, 1.54) is 0 Å².